The fraction of sp³-hybridized carbons (Fsp3) is 0.214. The number of rotatable bonds is 4. The van der Waals surface area contributed by atoms with Crippen molar-refractivity contribution in [2.45, 2.75) is 13.0 Å². The molecule has 0 aliphatic heterocycles. The molecule has 98 valence electrons. The van der Waals surface area contributed by atoms with Crippen LogP contribution >= 0.6 is 22.9 Å². The predicted octanol–water partition coefficient (Wildman–Crippen LogP) is 4.45. The molecule has 0 spiro atoms. The fourth-order valence-corrected chi connectivity index (χ4v) is 2.86. The van der Waals surface area contributed by atoms with Crippen molar-refractivity contribution < 1.29 is 4.74 Å². The summed E-state index contributed by atoms with van der Waals surface area (Å²) < 4.78 is 6.05. The van der Waals surface area contributed by atoms with Gasteiger partial charge in [-0.2, -0.15) is 5.26 Å². The van der Waals surface area contributed by atoms with Gasteiger partial charge in [0.2, 0.25) is 0 Å². The Morgan fingerprint density at radius 3 is 2.74 bits per heavy atom. The van der Waals surface area contributed by atoms with Gasteiger partial charge >= 0.3 is 0 Å². The topological polar surface area (TPSA) is 45.0 Å². The number of hydrogen-bond acceptors (Lipinski definition) is 4. The van der Waals surface area contributed by atoms with Crippen molar-refractivity contribution in [3.05, 3.63) is 45.1 Å². The lowest BCUT2D eigenvalue weighted by Crippen LogP contribution is -2.07. The Hall–Kier alpha value is -1.70. The summed E-state index contributed by atoms with van der Waals surface area (Å²) in [4.78, 5) is 1.11. The molecule has 0 saturated heterocycles. The molecular formula is C14H13ClN2OS. The summed E-state index contributed by atoms with van der Waals surface area (Å²) in [7, 11) is 1.59. The molecule has 1 heterocycles. The van der Waals surface area contributed by atoms with Crippen LogP contribution in [0.15, 0.2) is 30.3 Å². The molecule has 5 heteroatoms. The number of halogens is 1. The number of anilines is 1. The van der Waals surface area contributed by atoms with E-state index in [4.69, 9.17) is 21.6 Å². The number of para-hydroxylation sites is 1. The first-order valence-electron chi connectivity index (χ1n) is 5.74. The molecule has 0 fully saturated rings. The summed E-state index contributed by atoms with van der Waals surface area (Å²) in [5, 5.41) is 12.5. The molecule has 1 N–H and O–H groups in total. The van der Waals surface area contributed by atoms with Crippen molar-refractivity contribution in [3.8, 4) is 11.8 Å². The summed E-state index contributed by atoms with van der Waals surface area (Å²) in [6.45, 7) is 2.02. The van der Waals surface area contributed by atoms with Crippen LogP contribution < -0.4 is 10.1 Å². The Morgan fingerprint density at radius 2 is 2.16 bits per heavy atom. The van der Waals surface area contributed by atoms with Crippen LogP contribution in [-0.4, -0.2) is 7.11 Å². The third-order valence-corrected chi connectivity index (χ3v) is 4.16. The van der Waals surface area contributed by atoms with Crippen LogP contribution in [0.2, 0.25) is 4.34 Å². The lowest BCUT2D eigenvalue weighted by atomic mass is 10.1. The quantitative estimate of drug-likeness (QED) is 0.905. The molecule has 1 atom stereocenters. The highest BCUT2D eigenvalue weighted by atomic mass is 35.5. The first kappa shape index (κ1) is 13.7. The van der Waals surface area contributed by atoms with E-state index in [0.717, 1.165) is 9.21 Å². The van der Waals surface area contributed by atoms with Gasteiger partial charge in [-0.15, -0.1) is 11.3 Å². The summed E-state index contributed by atoms with van der Waals surface area (Å²) in [5.74, 6) is 0.661. The third-order valence-electron chi connectivity index (χ3n) is 2.75. The molecule has 0 aliphatic rings. The van der Waals surface area contributed by atoms with Crippen LogP contribution in [0.25, 0.3) is 0 Å². The monoisotopic (exact) mass is 292 g/mol. The minimum absolute atomic E-state index is 0.0564. The van der Waals surface area contributed by atoms with Gasteiger partial charge in [-0.1, -0.05) is 17.7 Å². The van der Waals surface area contributed by atoms with E-state index in [1.807, 2.05) is 25.1 Å². The van der Waals surface area contributed by atoms with E-state index in [9.17, 15) is 0 Å². The van der Waals surface area contributed by atoms with Gasteiger partial charge in [0.05, 0.1) is 28.7 Å². The van der Waals surface area contributed by atoms with Gasteiger partial charge in [0.1, 0.15) is 11.8 Å². The predicted molar refractivity (Wildman–Crippen MR) is 79.1 cm³/mol. The van der Waals surface area contributed by atoms with Crippen LogP contribution in [0.3, 0.4) is 0 Å². The van der Waals surface area contributed by atoms with Crippen LogP contribution in [0.4, 0.5) is 5.69 Å². The number of methoxy groups -OCH3 is 1. The van der Waals surface area contributed by atoms with E-state index in [0.29, 0.717) is 17.0 Å². The molecule has 1 aromatic heterocycles. The van der Waals surface area contributed by atoms with Gasteiger partial charge in [-0.3, -0.25) is 0 Å². The summed E-state index contributed by atoms with van der Waals surface area (Å²) >= 11 is 7.46. The van der Waals surface area contributed by atoms with Crippen molar-refractivity contribution in [2.75, 3.05) is 12.4 Å². The molecule has 2 rings (SSSR count). The molecule has 0 amide bonds. The molecule has 3 nitrogen and oxygen atoms in total. The zero-order valence-electron chi connectivity index (χ0n) is 10.6. The number of nitrogens with zero attached hydrogens (tertiary/aromatic N) is 1. The van der Waals surface area contributed by atoms with E-state index < -0.39 is 0 Å². The van der Waals surface area contributed by atoms with Crippen molar-refractivity contribution in [2.24, 2.45) is 0 Å². The number of benzene rings is 1. The second-order valence-corrected chi connectivity index (χ2v) is 5.75. The van der Waals surface area contributed by atoms with Crippen molar-refractivity contribution in [3.63, 3.8) is 0 Å². The maximum Gasteiger partial charge on any atom is 0.143 e. The molecule has 0 aliphatic carbocycles. The first-order valence-corrected chi connectivity index (χ1v) is 6.94. The van der Waals surface area contributed by atoms with E-state index in [-0.39, 0.29) is 6.04 Å². The number of hydrogen-bond donors (Lipinski definition) is 1. The SMILES string of the molecule is COc1cccc(C#N)c1NC(C)c1ccc(Cl)s1. The van der Waals surface area contributed by atoms with Crippen LogP contribution in [-0.2, 0) is 0 Å². The van der Waals surface area contributed by atoms with E-state index in [1.54, 1.807) is 19.2 Å². The minimum Gasteiger partial charge on any atom is -0.495 e. The lowest BCUT2D eigenvalue weighted by molar-refractivity contribution is 0.416. The van der Waals surface area contributed by atoms with Gasteiger partial charge in [-0.25, -0.2) is 0 Å². The molecule has 2 aromatic rings. The standard InChI is InChI=1S/C14H13ClN2OS/c1-9(12-6-7-13(15)19-12)17-14-10(8-16)4-3-5-11(14)18-2/h3-7,9,17H,1-2H3. The van der Waals surface area contributed by atoms with Gasteiger partial charge in [0.15, 0.2) is 0 Å². The zero-order chi connectivity index (χ0) is 13.8. The van der Waals surface area contributed by atoms with E-state index in [1.165, 1.54) is 11.3 Å². The van der Waals surface area contributed by atoms with E-state index in [2.05, 4.69) is 11.4 Å². The Bertz CT molecular complexity index is 618. The second kappa shape index (κ2) is 5.96. The lowest BCUT2D eigenvalue weighted by Gasteiger charge is -2.17. The summed E-state index contributed by atoms with van der Waals surface area (Å²) in [5.41, 5.74) is 1.28. The normalized spacial score (nSPS) is 11.7. The van der Waals surface area contributed by atoms with Gasteiger partial charge in [-0.05, 0) is 31.2 Å². The van der Waals surface area contributed by atoms with Crippen LogP contribution in [0.1, 0.15) is 23.4 Å². The highest BCUT2D eigenvalue weighted by molar-refractivity contribution is 7.16. The van der Waals surface area contributed by atoms with E-state index >= 15 is 0 Å². The minimum atomic E-state index is 0.0564. The van der Waals surface area contributed by atoms with Crippen molar-refractivity contribution in [1.82, 2.24) is 0 Å². The van der Waals surface area contributed by atoms with Crippen LogP contribution in [0, 0.1) is 11.3 Å². The Morgan fingerprint density at radius 1 is 1.37 bits per heavy atom. The Kier molecular flexibility index (Phi) is 4.31. The van der Waals surface area contributed by atoms with Crippen LogP contribution in [0.5, 0.6) is 5.75 Å². The molecular weight excluding hydrogens is 280 g/mol. The number of ether oxygens (including phenoxy) is 1. The number of nitriles is 1. The average Bonchev–Trinajstić information content (AvgIpc) is 2.85. The number of thiophene rings is 1. The van der Waals surface area contributed by atoms with Gasteiger partial charge < -0.3 is 10.1 Å². The van der Waals surface area contributed by atoms with Crippen molar-refractivity contribution in [1.29, 1.82) is 5.26 Å². The average molecular weight is 293 g/mol. The maximum atomic E-state index is 9.16. The molecule has 19 heavy (non-hydrogen) atoms. The molecule has 0 radical (unpaired) electrons. The highest BCUT2D eigenvalue weighted by Crippen LogP contribution is 2.34. The molecule has 0 saturated carbocycles. The highest BCUT2D eigenvalue weighted by Gasteiger charge is 2.14. The first-order chi connectivity index (χ1) is 9.15. The smallest absolute Gasteiger partial charge is 0.143 e. The molecule has 1 aromatic carbocycles. The third kappa shape index (κ3) is 3.01. The van der Waals surface area contributed by atoms with Gasteiger partial charge in [0.25, 0.3) is 0 Å². The fourth-order valence-electron chi connectivity index (χ4n) is 1.79. The summed E-state index contributed by atoms with van der Waals surface area (Å²) in [6.07, 6.45) is 0. The maximum absolute atomic E-state index is 9.16. The van der Waals surface area contributed by atoms with Crippen molar-refractivity contribution >= 4 is 28.6 Å². The van der Waals surface area contributed by atoms with Gasteiger partial charge in [0, 0.05) is 4.88 Å². The summed E-state index contributed by atoms with van der Waals surface area (Å²) in [6, 6.07) is 11.5. The Labute approximate surface area is 121 Å². The molecule has 1 unspecified atom stereocenters. The largest absolute Gasteiger partial charge is 0.495 e. The number of nitrogens with one attached hydrogen (secondary N) is 1. The Balaban J connectivity index is 2.30. The second-order valence-electron chi connectivity index (χ2n) is 4.00. The zero-order valence-corrected chi connectivity index (χ0v) is 12.2. The molecule has 0 bridgehead atoms.